The van der Waals surface area contributed by atoms with Gasteiger partial charge in [0.25, 0.3) is 0 Å². The Morgan fingerprint density at radius 2 is 2.00 bits per heavy atom. The van der Waals surface area contributed by atoms with E-state index in [1.807, 2.05) is 12.3 Å². The summed E-state index contributed by atoms with van der Waals surface area (Å²) < 4.78 is 0. The fourth-order valence-electron chi connectivity index (χ4n) is 2.69. The smallest absolute Gasteiger partial charge is 0.0708 e. The summed E-state index contributed by atoms with van der Waals surface area (Å²) in [6, 6.07) is 10.5. The number of fused-ring (bicyclic) bond motifs is 2. The lowest BCUT2D eigenvalue weighted by molar-refractivity contribution is 0.985. The van der Waals surface area contributed by atoms with E-state index in [-0.39, 0.29) is 0 Å². The van der Waals surface area contributed by atoms with E-state index in [1.54, 1.807) is 0 Å². The van der Waals surface area contributed by atoms with Crippen LogP contribution < -0.4 is 0 Å². The highest BCUT2D eigenvalue weighted by molar-refractivity contribution is 5.94. The van der Waals surface area contributed by atoms with E-state index in [2.05, 4.69) is 47.5 Å². The molecular formula is C16H13N. The van der Waals surface area contributed by atoms with Gasteiger partial charge >= 0.3 is 0 Å². The highest BCUT2D eigenvalue weighted by atomic mass is 14.6. The first-order valence-corrected chi connectivity index (χ1v) is 6.16. The maximum atomic E-state index is 4.41. The van der Waals surface area contributed by atoms with Crippen LogP contribution in [0.1, 0.15) is 12.0 Å². The minimum absolute atomic E-state index is 0.793. The Labute approximate surface area is 100 Å². The Hall–Kier alpha value is -1.89. The molecule has 0 amide bonds. The van der Waals surface area contributed by atoms with E-state index in [1.165, 1.54) is 22.9 Å². The standard InChI is InChI=1S/C16H13N/c1-2-4-16-15(3-1)14(7-8-17-16)12-6-5-11-9-13(11)10-12/h1-8,10-11,13H,9H2. The van der Waals surface area contributed by atoms with Gasteiger partial charge in [0.1, 0.15) is 0 Å². The molecule has 2 aliphatic rings. The second kappa shape index (κ2) is 3.30. The zero-order chi connectivity index (χ0) is 11.2. The minimum atomic E-state index is 0.793. The van der Waals surface area contributed by atoms with E-state index in [4.69, 9.17) is 0 Å². The van der Waals surface area contributed by atoms with Gasteiger partial charge in [0, 0.05) is 11.6 Å². The van der Waals surface area contributed by atoms with Gasteiger partial charge in [-0.05, 0) is 41.5 Å². The fourth-order valence-corrected chi connectivity index (χ4v) is 2.69. The third kappa shape index (κ3) is 1.42. The first-order chi connectivity index (χ1) is 8.42. The Morgan fingerprint density at radius 3 is 2.94 bits per heavy atom. The lowest BCUT2D eigenvalue weighted by Crippen LogP contribution is -1.91. The summed E-state index contributed by atoms with van der Waals surface area (Å²) >= 11 is 0. The average molecular weight is 219 g/mol. The van der Waals surface area contributed by atoms with Crippen molar-refractivity contribution >= 4 is 16.5 Å². The molecule has 0 aliphatic heterocycles. The summed E-state index contributed by atoms with van der Waals surface area (Å²) in [5.74, 6) is 1.62. The molecule has 2 unspecified atom stereocenters. The van der Waals surface area contributed by atoms with Crippen molar-refractivity contribution in [3.63, 3.8) is 0 Å². The number of para-hydroxylation sites is 1. The summed E-state index contributed by atoms with van der Waals surface area (Å²) in [4.78, 5) is 4.41. The largest absolute Gasteiger partial charge is 0.256 e. The van der Waals surface area contributed by atoms with Gasteiger partial charge in [-0.1, -0.05) is 36.4 Å². The third-order valence-electron chi connectivity index (χ3n) is 3.77. The Morgan fingerprint density at radius 1 is 1.06 bits per heavy atom. The first-order valence-electron chi connectivity index (χ1n) is 6.16. The quantitative estimate of drug-likeness (QED) is 0.710. The normalized spacial score (nSPS) is 25.5. The van der Waals surface area contributed by atoms with E-state index in [9.17, 15) is 0 Å². The summed E-state index contributed by atoms with van der Waals surface area (Å²) in [5, 5.41) is 1.25. The molecule has 2 aromatic rings. The van der Waals surface area contributed by atoms with Gasteiger partial charge in [-0.3, -0.25) is 4.98 Å². The molecule has 1 nitrogen and oxygen atoms in total. The van der Waals surface area contributed by atoms with Gasteiger partial charge < -0.3 is 0 Å². The molecule has 4 rings (SSSR count). The SMILES string of the molecule is C1=CC2CC2C=C1c1ccnc2ccccc12. The number of nitrogens with zero attached hydrogens (tertiary/aromatic N) is 1. The van der Waals surface area contributed by atoms with Crippen molar-refractivity contribution in [2.24, 2.45) is 11.8 Å². The molecule has 0 radical (unpaired) electrons. The number of pyridine rings is 1. The number of rotatable bonds is 1. The molecule has 2 aliphatic carbocycles. The predicted octanol–water partition coefficient (Wildman–Crippen LogP) is 3.82. The van der Waals surface area contributed by atoms with Crippen LogP contribution >= 0.6 is 0 Å². The molecule has 2 atom stereocenters. The molecule has 0 spiro atoms. The summed E-state index contributed by atoms with van der Waals surface area (Å²) in [6.45, 7) is 0. The van der Waals surface area contributed by atoms with Crippen LogP contribution in [0.2, 0.25) is 0 Å². The molecule has 1 fully saturated rings. The molecule has 1 aromatic carbocycles. The molecule has 1 saturated carbocycles. The fraction of sp³-hybridized carbons (Fsp3) is 0.188. The lowest BCUT2D eigenvalue weighted by Gasteiger charge is -2.09. The van der Waals surface area contributed by atoms with Crippen molar-refractivity contribution in [1.82, 2.24) is 4.98 Å². The minimum Gasteiger partial charge on any atom is -0.256 e. The maximum absolute atomic E-state index is 4.41. The Bertz CT molecular complexity index is 646. The van der Waals surface area contributed by atoms with E-state index >= 15 is 0 Å². The molecule has 1 heteroatoms. The Kier molecular flexibility index (Phi) is 1.78. The van der Waals surface area contributed by atoms with Crippen LogP contribution in [-0.4, -0.2) is 4.98 Å². The van der Waals surface area contributed by atoms with Crippen LogP contribution in [0.25, 0.3) is 16.5 Å². The van der Waals surface area contributed by atoms with Crippen LogP contribution in [0.4, 0.5) is 0 Å². The van der Waals surface area contributed by atoms with E-state index in [0.29, 0.717) is 0 Å². The van der Waals surface area contributed by atoms with Gasteiger partial charge in [0.15, 0.2) is 0 Å². The van der Waals surface area contributed by atoms with Gasteiger partial charge in [-0.2, -0.15) is 0 Å². The van der Waals surface area contributed by atoms with Gasteiger partial charge in [-0.15, -0.1) is 0 Å². The molecule has 82 valence electrons. The topological polar surface area (TPSA) is 12.9 Å². The zero-order valence-corrected chi connectivity index (χ0v) is 9.51. The molecule has 1 heterocycles. The molecule has 0 N–H and O–H groups in total. The van der Waals surface area contributed by atoms with Crippen molar-refractivity contribution in [2.75, 3.05) is 0 Å². The monoisotopic (exact) mass is 219 g/mol. The lowest BCUT2D eigenvalue weighted by atomic mass is 9.97. The first kappa shape index (κ1) is 9.17. The number of aromatic nitrogens is 1. The van der Waals surface area contributed by atoms with Crippen LogP contribution in [0, 0.1) is 11.8 Å². The van der Waals surface area contributed by atoms with Crippen LogP contribution in [-0.2, 0) is 0 Å². The molecule has 0 bridgehead atoms. The van der Waals surface area contributed by atoms with Gasteiger partial charge in [0.2, 0.25) is 0 Å². The third-order valence-corrected chi connectivity index (χ3v) is 3.77. The Balaban J connectivity index is 1.93. The van der Waals surface area contributed by atoms with Crippen LogP contribution in [0.5, 0.6) is 0 Å². The highest BCUT2D eigenvalue weighted by Gasteiger charge is 2.35. The second-order valence-corrected chi connectivity index (χ2v) is 4.92. The molecule has 17 heavy (non-hydrogen) atoms. The van der Waals surface area contributed by atoms with Crippen molar-refractivity contribution in [2.45, 2.75) is 6.42 Å². The number of allylic oxidation sites excluding steroid dienone is 4. The number of hydrogen-bond donors (Lipinski definition) is 0. The van der Waals surface area contributed by atoms with Gasteiger partial charge in [0.05, 0.1) is 5.52 Å². The van der Waals surface area contributed by atoms with Crippen LogP contribution in [0.3, 0.4) is 0 Å². The van der Waals surface area contributed by atoms with E-state index < -0.39 is 0 Å². The van der Waals surface area contributed by atoms with Gasteiger partial charge in [-0.25, -0.2) is 0 Å². The summed E-state index contributed by atoms with van der Waals surface area (Å²) in [5.41, 5.74) is 3.76. The summed E-state index contributed by atoms with van der Waals surface area (Å²) in [6.07, 6.45) is 10.3. The van der Waals surface area contributed by atoms with Crippen molar-refractivity contribution in [3.8, 4) is 0 Å². The van der Waals surface area contributed by atoms with E-state index in [0.717, 1.165) is 17.4 Å². The molecule has 0 saturated heterocycles. The van der Waals surface area contributed by atoms with Crippen molar-refractivity contribution in [3.05, 3.63) is 60.3 Å². The predicted molar refractivity (Wildman–Crippen MR) is 70.5 cm³/mol. The second-order valence-electron chi connectivity index (χ2n) is 4.92. The number of hydrogen-bond acceptors (Lipinski definition) is 1. The van der Waals surface area contributed by atoms with Crippen molar-refractivity contribution in [1.29, 1.82) is 0 Å². The summed E-state index contributed by atoms with van der Waals surface area (Å²) in [7, 11) is 0. The van der Waals surface area contributed by atoms with Crippen LogP contribution in [0.15, 0.2) is 54.8 Å². The number of benzene rings is 1. The molecule has 1 aromatic heterocycles. The molecular weight excluding hydrogens is 206 g/mol. The average Bonchev–Trinajstić information content (AvgIpc) is 3.16. The maximum Gasteiger partial charge on any atom is 0.0708 e. The van der Waals surface area contributed by atoms with Crippen molar-refractivity contribution < 1.29 is 0 Å². The zero-order valence-electron chi connectivity index (χ0n) is 9.51. The highest BCUT2D eigenvalue weighted by Crippen LogP contribution is 2.46.